The molecule has 12 heavy (non-hydrogen) atoms. The lowest BCUT2D eigenvalue weighted by molar-refractivity contribution is -0.143. The highest BCUT2D eigenvalue weighted by Crippen LogP contribution is 2.12. The third-order valence-electron chi connectivity index (χ3n) is 1.55. The summed E-state index contributed by atoms with van der Waals surface area (Å²) < 4.78 is 0. The molecule has 0 spiro atoms. The first-order valence-electron chi connectivity index (χ1n) is 3.79. The molecule has 1 atom stereocenters. The molecule has 0 aliphatic heterocycles. The average Bonchev–Trinajstić information content (AvgIpc) is 1.96. The van der Waals surface area contributed by atoms with Crippen molar-refractivity contribution in [1.82, 2.24) is 0 Å². The van der Waals surface area contributed by atoms with Crippen LogP contribution in [-0.4, -0.2) is 28.9 Å². The zero-order chi connectivity index (χ0) is 9.56. The highest BCUT2D eigenvalue weighted by molar-refractivity contribution is 7.98. The van der Waals surface area contributed by atoms with Crippen molar-refractivity contribution in [2.45, 2.75) is 19.8 Å². The van der Waals surface area contributed by atoms with Gasteiger partial charge in [0.05, 0.1) is 5.92 Å². The number of hydrogen-bond donors (Lipinski definition) is 1. The Morgan fingerprint density at radius 1 is 1.50 bits per heavy atom. The SMILES string of the molecule is CSCC[C@@H](CC(C)=O)C(=O)O. The summed E-state index contributed by atoms with van der Waals surface area (Å²) >= 11 is 1.60. The fourth-order valence-electron chi connectivity index (χ4n) is 0.920. The molecule has 0 aromatic heterocycles. The van der Waals surface area contributed by atoms with E-state index in [9.17, 15) is 9.59 Å². The summed E-state index contributed by atoms with van der Waals surface area (Å²) in [7, 11) is 0. The van der Waals surface area contributed by atoms with Crippen molar-refractivity contribution in [2.24, 2.45) is 5.92 Å². The number of hydrogen-bond acceptors (Lipinski definition) is 3. The Morgan fingerprint density at radius 2 is 2.08 bits per heavy atom. The van der Waals surface area contributed by atoms with Gasteiger partial charge in [-0.2, -0.15) is 11.8 Å². The molecule has 0 aliphatic rings. The molecule has 0 heterocycles. The van der Waals surface area contributed by atoms with Crippen molar-refractivity contribution in [2.75, 3.05) is 12.0 Å². The van der Waals surface area contributed by atoms with E-state index in [-0.39, 0.29) is 12.2 Å². The minimum absolute atomic E-state index is 0.0523. The topological polar surface area (TPSA) is 54.4 Å². The number of carbonyl (C=O) groups excluding carboxylic acids is 1. The fraction of sp³-hybridized carbons (Fsp3) is 0.750. The second kappa shape index (κ2) is 6.06. The van der Waals surface area contributed by atoms with Crippen molar-refractivity contribution in [3.8, 4) is 0 Å². The lowest BCUT2D eigenvalue weighted by atomic mass is 10.0. The van der Waals surface area contributed by atoms with Crippen LogP contribution in [-0.2, 0) is 9.59 Å². The number of Topliss-reactive ketones (excluding diaryl/α,β-unsaturated/α-hetero) is 1. The van der Waals surface area contributed by atoms with E-state index in [0.717, 1.165) is 5.75 Å². The predicted molar refractivity (Wildman–Crippen MR) is 49.4 cm³/mol. The second-order valence-electron chi connectivity index (χ2n) is 2.72. The van der Waals surface area contributed by atoms with Gasteiger partial charge in [0.1, 0.15) is 5.78 Å². The van der Waals surface area contributed by atoms with Crippen molar-refractivity contribution < 1.29 is 14.7 Å². The number of carboxylic acids is 1. The van der Waals surface area contributed by atoms with Crippen molar-refractivity contribution in [1.29, 1.82) is 0 Å². The molecule has 1 N–H and O–H groups in total. The summed E-state index contributed by atoms with van der Waals surface area (Å²) in [6.07, 6.45) is 2.67. The lowest BCUT2D eigenvalue weighted by Crippen LogP contribution is -2.17. The fourth-order valence-corrected chi connectivity index (χ4v) is 1.44. The van der Waals surface area contributed by atoms with Crippen molar-refractivity contribution >= 4 is 23.5 Å². The monoisotopic (exact) mass is 190 g/mol. The second-order valence-corrected chi connectivity index (χ2v) is 3.71. The van der Waals surface area contributed by atoms with Gasteiger partial charge in [-0.15, -0.1) is 0 Å². The molecule has 0 radical (unpaired) electrons. The molecule has 0 aliphatic carbocycles. The Bertz CT molecular complexity index is 168. The number of rotatable bonds is 6. The zero-order valence-corrected chi connectivity index (χ0v) is 8.19. The van der Waals surface area contributed by atoms with Gasteiger partial charge in [-0.05, 0) is 25.4 Å². The molecule has 70 valence electrons. The maximum absolute atomic E-state index is 10.7. The van der Waals surface area contributed by atoms with Crippen LogP contribution in [0.25, 0.3) is 0 Å². The first-order chi connectivity index (χ1) is 5.57. The van der Waals surface area contributed by atoms with Crippen LogP contribution in [0.2, 0.25) is 0 Å². The third kappa shape index (κ3) is 5.18. The molecule has 0 rings (SSSR count). The minimum Gasteiger partial charge on any atom is -0.481 e. The maximum atomic E-state index is 10.7. The summed E-state index contributed by atoms with van der Waals surface area (Å²) in [4.78, 5) is 21.2. The molecular weight excluding hydrogens is 176 g/mol. The molecule has 0 unspecified atom stereocenters. The van der Waals surface area contributed by atoms with Gasteiger partial charge in [-0.3, -0.25) is 4.79 Å². The largest absolute Gasteiger partial charge is 0.481 e. The molecule has 0 fully saturated rings. The van der Waals surface area contributed by atoms with Gasteiger partial charge in [0, 0.05) is 6.42 Å². The molecule has 3 nitrogen and oxygen atoms in total. The van der Waals surface area contributed by atoms with Crippen LogP contribution in [0.3, 0.4) is 0 Å². The summed E-state index contributed by atoms with van der Waals surface area (Å²) in [5.41, 5.74) is 0. The summed E-state index contributed by atoms with van der Waals surface area (Å²) in [5, 5.41) is 8.69. The van der Waals surface area contributed by atoms with Gasteiger partial charge in [0.25, 0.3) is 0 Å². The number of ketones is 1. The van der Waals surface area contributed by atoms with Crippen LogP contribution in [0.1, 0.15) is 19.8 Å². The molecule has 0 aromatic rings. The molecule has 0 saturated carbocycles. The van der Waals surface area contributed by atoms with Gasteiger partial charge in [-0.25, -0.2) is 0 Å². The molecule has 0 amide bonds. The van der Waals surface area contributed by atoms with Crippen LogP contribution < -0.4 is 0 Å². The first kappa shape index (κ1) is 11.5. The van der Waals surface area contributed by atoms with E-state index < -0.39 is 11.9 Å². The Balaban J connectivity index is 3.87. The van der Waals surface area contributed by atoms with Crippen molar-refractivity contribution in [3.63, 3.8) is 0 Å². The van der Waals surface area contributed by atoms with Crippen LogP contribution in [0.5, 0.6) is 0 Å². The van der Waals surface area contributed by atoms with Crippen LogP contribution >= 0.6 is 11.8 Å². The average molecular weight is 190 g/mol. The van der Waals surface area contributed by atoms with Crippen LogP contribution in [0.15, 0.2) is 0 Å². The summed E-state index contributed by atoms with van der Waals surface area (Å²) in [6.45, 7) is 1.43. The Kier molecular flexibility index (Phi) is 5.80. The smallest absolute Gasteiger partial charge is 0.306 e. The minimum atomic E-state index is -0.862. The van der Waals surface area contributed by atoms with Crippen molar-refractivity contribution in [3.05, 3.63) is 0 Å². The van der Waals surface area contributed by atoms with Crippen LogP contribution in [0, 0.1) is 5.92 Å². The Morgan fingerprint density at radius 3 is 2.42 bits per heavy atom. The molecule has 0 bridgehead atoms. The number of thioether (sulfide) groups is 1. The van der Waals surface area contributed by atoms with E-state index in [1.165, 1.54) is 6.92 Å². The van der Waals surface area contributed by atoms with Gasteiger partial charge in [0.15, 0.2) is 0 Å². The number of aliphatic carboxylic acids is 1. The predicted octanol–water partition coefficient (Wildman–Crippen LogP) is 1.42. The normalized spacial score (nSPS) is 12.5. The lowest BCUT2D eigenvalue weighted by Gasteiger charge is -2.08. The van der Waals surface area contributed by atoms with E-state index in [1.54, 1.807) is 11.8 Å². The van der Waals surface area contributed by atoms with E-state index >= 15 is 0 Å². The third-order valence-corrected chi connectivity index (χ3v) is 2.20. The zero-order valence-electron chi connectivity index (χ0n) is 7.37. The van der Waals surface area contributed by atoms with E-state index in [2.05, 4.69) is 0 Å². The van der Waals surface area contributed by atoms with E-state index in [4.69, 9.17) is 5.11 Å². The number of carbonyl (C=O) groups is 2. The standard InChI is InChI=1S/C8H14O3S/c1-6(9)5-7(8(10)11)3-4-12-2/h7H,3-5H2,1-2H3,(H,10,11)/t7-/m0/s1. The van der Waals surface area contributed by atoms with Gasteiger partial charge >= 0.3 is 5.97 Å². The van der Waals surface area contributed by atoms with Gasteiger partial charge in [0.2, 0.25) is 0 Å². The maximum Gasteiger partial charge on any atom is 0.306 e. The molecular formula is C8H14O3S. The highest BCUT2D eigenvalue weighted by atomic mass is 32.2. The summed E-state index contributed by atoms with van der Waals surface area (Å²) in [5.74, 6) is -0.609. The van der Waals surface area contributed by atoms with Crippen LogP contribution in [0.4, 0.5) is 0 Å². The quantitative estimate of drug-likeness (QED) is 0.688. The Labute approximate surface area is 76.5 Å². The molecule has 0 saturated heterocycles. The van der Waals surface area contributed by atoms with Gasteiger partial charge < -0.3 is 9.90 Å². The van der Waals surface area contributed by atoms with E-state index in [0.29, 0.717) is 6.42 Å². The summed E-state index contributed by atoms with van der Waals surface area (Å²) in [6, 6.07) is 0. The molecule has 0 aromatic carbocycles. The Hall–Kier alpha value is -0.510. The van der Waals surface area contributed by atoms with E-state index in [1.807, 2.05) is 6.26 Å². The highest BCUT2D eigenvalue weighted by Gasteiger charge is 2.18. The first-order valence-corrected chi connectivity index (χ1v) is 5.18. The number of carboxylic acid groups (broad SMARTS) is 1. The van der Waals surface area contributed by atoms with Gasteiger partial charge in [-0.1, -0.05) is 0 Å². The molecule has 4 heteroatoms.